The molecule has 1 aromatic heterocycles. The third kappa shape index (κ3) is 2.30. The standard InChI is InChI=1S/C9H6BrClN2O2/c1-14-7-3-5(2-6(11)4-7)8-12-9(10)13-15-8/h2-4H,1H3. The monoisotopic (exact) mass is 288 g/mol. The zero-order valence-electron chi connectivity index (χ0n) is 7.70. The van der Waals surface area contributed by atoms with Gasteiger partial charge in [0.25, 0.3) is 5.89 Å². The molecule has 0 unspecified atom stereocenters. The van der Waals surface area contributed by atoms with Crippen molar-refractivity contribution in [3.63, 3.8) is 0 Å². The molecule has 0 saturated heterocycles. The van der Waals surface area contributed by atoms with Crippen molar-refractivity contribution < 1.29 is 9.26 Å². The van der Waals surface area contributed by atoms with Gasteiger partial charge >= 0.3 is 0 Å². The van der Waals surface area contributed by atoms with E-state index in [4.69, 9.17) is 20.9 Å². The lowest BCUT2D eigenvalue weighted by atomic mass is 10.2. The van der Waals surface area contributed by atoms with Gasteiger partial charge in [0, 0.05) is 10.6 Å². The first-order chi connectivity index (χ1) is 7.19. The van der Waals surface area contributed by atoms with Crippen LogP contribution < -0.4 is 4.74 Å². The fourth-order valence-electron chi connectivity index (χ4n) is 1.13. The Morgan fingerprint density at radius 3 is 2.80 bits per heavy atom. The van der Waals surface area contributed by atoms with Crippen LogP contribution in [0.1, 0.15) is 0 Å². The van der Waals surface area contributed by atoms with E-state index in [0.717, 1.165) is 5.56 Å². The molecule has 0 spiro atoms. The predicted molar refractivity (Wildman–Crippen MR) is 59.0 cm³/mol. The molecular weight excluding hydrogens is 283 g/mol. The first kappa shape index (κ1) is 10.4. The number of rotatable bonds is 2. The van der Waals surface area contributed by atoms with Crippen LogP contribution in [0.5, 0.6) is 5.75 Å². The minimum absolute atomic E-state index is 0.391. The Morgan fingerprint density at radius 2 is 2.20 bits per heavy atom. The maximum Gasteiger partial charge on any atom is 0.258 e. The van der Waals surface area contributed by atoms with E-state index in [0.29, 0.717) is 21.4 Å². The number of ether oxygens (including phenoxy) is 1. The van der Waals surface area contributed by atoms with Crippen molar-refractivity contribution in [2.45, 2.75) is 0 Å². The minimum Gasteiger partial charge on any atom is -0.497 e. The normalized spacial score (nSPS) is 10.3. The summed E-state index contributed by atoms with van der Waals surface area (Å²) in [6.07, 6.45) is 0. The van der Waals surface area contributed by atoms with E-state index in [9.17, 15) is 0 Å². The van der Waals surface area contributed by atoms with E-state index in [-0.39, 0.29) is 0 Å². The fraction of sp³-hybridized carbons (Fsp3) is 0.111. The molecule has 0 fully saturated rings. The molecule has 2 rings (SSSR count). The number of benzene rings is 1. The molecule has 0 radical (unpaired) electrons. The molecule has 0 aliphatic heterocycles. The zero-order valence-corrected chi connectivity index (χ0v) is 10.0. The summed E-state index contributed by atoms with van der Waals surface area (Å²) < 4.78 is 10.5. The van der Waals surface area contributed by atoms with Crippen molar-refractivity contribution >= 4 is 27.5 Å². The molecule has 4 nitrogen and oxygen atoms in total. The maximum absolute atomic E-state index is 5.90. The van der Waals surface area contributed by atoms with Gasteiger partial charge in [-0.2, -0.15) is 4.98 Å². The number of nitrogens with zero attached hydrogens (tertiary/aromatic N) is 2. The van der Waals surface area contributed by atoms with Crippen LogP contribution in [0.15, 0.2) is 27.5 Å². The largest absolute Gasteiger partial charge is 0.497 e. The van der Waals surface area contributed by atoms with Crippen molar-refractivity contribution in [3.05, 3.63) is 28.0 Å². The molecular formula is C9H6BrClN2O2. The molecule has 1 heterocycles. The van der Waals surface area contributed by atoms with Crippen LogP contribution in [0.4, 0.5) is 0 Å². The second-order valence-electron chi connectivity index (χ2n) is 2.75. The lowest BCUT2D eigenvalue weighted by Crippen LogP contribution is -1.84. The molecule has 0 atom stereocenters. The molecule has 0 N–H and O–H groups in total. The van der Waals surface area contributed by atoms with Gasteiger partial charge in [-0.15, -0.1) is 0 Å². The van der Waals surface area contributed by atoms with Gasteiger partial charge in [-0.3, -0.25) is 0 Å². The summed E-state index contributed by atoms with van der Waals surface area (Å²) in [5.41, 5.74) is 0.720. The summed E-state index contributed by atoms with van der Waals surface area (Å²) in [6.45, 7) is 0. The van der Waals surface area contributed by atoms with Crippen LogP contribution >= 0.6 is 27.5 Å². The summed E-state index contributed by atoms with van der Waals surface area (Å²) in [4.78, 5) is 4.02. The Hall–Kier alpha value is -1.07. The molecule has 0 aliphatic carbocycles. The van der Waals surface area contributed by atoms with E-state index in [1.807, 2.05) is 0 Å². The van der Waals surface area contributed by atoms with Gasteiger partial charge in [0.15, 0.2) is 0 Å². The molecule has 1 aromatic carbocycles. The Balaban J connectivity index is 2.48. The molecule has 78 valence electrons. The smallest absolute Gasteiger partial charge is 0.258 e. The van der Waals surface area contributed by atoms with E-state index < -0.39 is 0 Å². The SMILES string of the molecule is COc1cc(Cl)cc(-c2nc(Br)no2)c1. The first-order valence-electron chi connectivity index (χ1n) is 4.03. The van der Waals surface area contributed by atoms with Gasteiger partial charge in [0.2, 0.25) is 4.73 Å². The average Bonchev–Trinajstić information content (AvgIpc) is 2.64. The highest BCUT2D eigenvalue weighted by Gasteiger charge is 2.09. The Kier molecular flexibility index (Phi) is 2.93. The molecule has 15 heavy (non-hydrogen) atoms. The van der Waals surface area contributed by atoms with Crippen molar-refractivity contribution in [3.8, 4) is 17.2 Å². The Bertz CT molecular complexity index is 487. The number of methoxy groups -OCH3 is 1. The lowest BCUT2D eigenvalue weighted by Gasteiger charge is -2.01. The van der Waals surface area contributed by atoms with Crippen LogP contribution in [-0.2, 0) is 0 Å². The molecule has 0 bridgehead atoms. The summed E-state index contributed by atoms with van der Waals surface area (Å²) in [5, 5.41) is 4.18. The molecule has 6 heteroatoms. The van der Waals surface area contributed by atoms with Gasteiger partial charge in [0.1, 0.15) is 5.75 Å². The molecule has 2 aromatic rings. The number of hydrogen-bond acceptors (Lipinski definition) is 4. The highest BCUT2D eigenvalue weighted by Crippen LogP contribution is 2.27. The van der Waals surface area contributed by atoms with Gasteiger partial charge in [-0.05, 0) is 39.3 Å². The third-order valence-electron chi connectivity index (χ3n) is 1.76. The van der Waals surface area contributed by atoms with Crippen LogP contribution in [0.2, 0.25) is 5.02 Å². The van der Waals surface area contributed by atoms with Crippen molar-refractivity contribution in [1.82, 2.24) is 10.1 Å². The van der Waals surface area contributed by atoms with E-state index in [1.54, 1.807) is 25.3 Å². The lowest BCUT2D eigenvalue weighted by molar-refractivity contribution is 0.412. The van der Waals surface area contributed by atoms with Crippen molar-refractivity contribution in [2.24, 2.45) is 0 Å². The molecule has 0 saturated carbocycles. The average molecular weight is 290 g/mol. The van der Waals surface area contributed by atoms with Crippen LogP contribution in [-0.4, -0.2) is 17.3 Å². The maximum atomic E-state index is 5.90. The zero-order chi connectivity index (χ0) is 10.8. The van der Waals surface area contributed by atoms with E-state index in [2.05, 4.69) is 26.1 Å². The van der Waals surface area contributed by atoms with Crippen molar-refractivity contribution in [2.75, 3.05) is 7.11 Å². The van der Waals surface area contributed by atoms with Crippen LogP contribution in [0, 0.1) is 0 Å². The topological polar surface area (TPSA) is 48.2 Å². The number of hydrogen-bond donors (Lipinski definition) is 0. The third-order valence-corrected chi connectivity index (χ3v) is 2.30. The van der Waals surface area contributed by atoms with E-state index in [1.165, 1.54) is 0 Å². The van der Waals surface area contributed by atoms with Gasteiger partial charge in [-0.1, -0.05) is 11.6 Å². The Labute approximate surface area is 99.3 Å². The molecule has 0 aliphatic rings. The van der Waals surface area contributed by atoms with Crippen molar-refractivity contribution in [1.29, 1.82) is 0 Å². The van der Waals surface area contributed by atoms with Gasteiger partial charge < -0.3 is 9.26 Å². The summed E-state index contributed by atoms with van der Waals surface area (Å²) in [7, 11) is 1.57. The minimum atomic E-state index is 0.391. The second kappa shape index (κ2) is 4.20. The first-order valence-corrected chi connectivity index (χ1v) is 5.20. The fourth-order valence-corrected chi connectivity index (χ4v) is 1.59. The quantitative estimate of drug-likeness (QED) is 0.852. The van der Waals surface area contributed by atoms with Crippen LogP contribution in [0.25, 0.3) is 11.5 Å². The highest BCUT2D eigenvalue weighted by atomic mass is 79.9. The number of halogens is 2. The van der Waals surface area contributed by atoms with Gasteiger partial charge in [0.05, 0.1) is 7.11 Å². The highest BCUT2D eigenvalue weighted by molar-refractivity contribution is 9.10. The summed E-state index contributed by atoms with van der Waals surface area (Å²) in [6, 6.07) is 5.20. The summed E-state index contributed by atoms with van der Waals surface area (Å²) >= 11 is 9.01. The number of aromatic nitrogens is 2. The Morgan fingerprint density at radius 1 is 1.40 bits per heavy atom. The molecule has 0 amide bonds. The predicted octanol–water partition coefficient (Wildman–Crippen LogP) is 3.16. The summed E-state index contributed by atoms with van der Waals surface area (Å²) in [5.74, 6) is 1.04. The second-order valence-corrected chi connectivity index (χ2v) is 3.89. The van der Waals surface area contributed by atoms with Gasteiger partial charge in [-0.25, -0.2) is 0 Å². The van der Waals surface area contributed by atoms with E-state index >= 15 is 0 Å². The van der Waals surface area contributed by atoms with Crippen LogP contribution in [0.3, 0.4) is 0 Å².